The molecule has 2 atom stereocenters. The van der Waals surface area contributed by atoms with Gasteiger partial charge in [0.15, 0.2) is 5.96 Å². The van der Waals surface area contributed by atoms with Gasteiger partial charge in [-0.2, -0.15) is 0 Å². The summed E-state index contributed by atoms with van der Waals surface area (Å²) in [7, 11) is 1.76. The quantitative estimate of drug-likeness (QED) is 0.452. The predicted molar refractivity (Wildman–Crippen MR) is 102 cm³/mol. The Hall–Kier alpha value is -0.820. The molecule has 1 aromatic carbocycles. The monoisotopic (exact) mass is 415 g/mol. The second-order valence-corrected chi connectivity index (χ2v) is 6.77. The maximum Gasteiger partial charge on any atom is 0.193 e. The number of nitrogens with zero attached hydrogens (tertiary/aromatic N) is 1. The van der Waals surface area contributed by atoms with Gasteiger partial charge in [-0.3, -0.25) is 0 Å². The minimum absolute atomic E-state index is 0. The Morgan fingerprint density at radius 1 is 1.32 bits per heavy atom. The van der Waals surface area contributed by atoms with Gasteiger partial charge in [0.05, 0.1) is 12.1 Å². The van der Waals surface area contributed by atoms with Gasteiger partial charge in [-0.1, -0.05) is 19.9 Å². The van der Waals surface area contributed by atoms with Crippen molar-refractivity contribution in [3.8, 4) is 0 Å². The van der Waals surface area contributed by atoms with Gasteiger partial charge >= 0.3 is 0 Å². The summed E-state index contributed by atoms with van der Waals surface area (Å²) < 4.78 is 5.45. The molecule has 2 aliphatic rings. The number of guanidine groups is 1. The van der Waals surface area contributed by atoms with Gasteiger partial charge in [-0.15, -0.1) is 24.0 Å². The van der Waals surface area contributed by atoms with E-state index in [9.17, 15) is 0 Å². The number of methoxy groups -OCH3 is 1. The largest absolute Gasteiger partial charge is 0.381 e. The van der Waals surface area contributed by atoms with Crippen molar-refractivity contribution >= 4 is 35.6 Å². The van der Waals surface area contributed by atoms with E-state index in [0.29, 0.717) is 5.96 Å². The third kappa shape index (κ3) is 3.25. The third-order valence-corrected chi connectivity index (χ3v) is 5.08. The number of nitrogens with one attached hydrogen (secondary N) is 1. The number of anilines is 1. The lowest BCUT2D eigenvalue weighted by Gasteiger charge is -2.48. The molecule has 0 aliphatic heterocycles. The number of nitrogens with two attached hydrogens (primary N) is 1. The molecule has 22 heavy (non-hydrogen) atoms. The lowest BCUT2D eigenvalue weighted by atomic mass is 9.65. The average molecular weight is 415 g/mol. The van der Waals surface area contributed by atoms with Crippen molar-refractivity contribution in [3.63, 3.8) is 0 Å². The van der Waals surface area contributed by atoms with E-state index in [0.717, 1.165) is 12.1 Å². The Morgan fingerprint density at radius 3 is 2.73 bits per heavy atom. The van der Waals surface area contributed by atoms with Crippen molar-refractivity contribution in [3.05, 3.63) is 29.3 Å². The molecule has 0 aromatic heterocycles. The number of rotatable bonds is 3. The van der Waals surface area contributed by atoms with Crippen LogP contribution in [0.1, 0.15) is 37.8 Å². The highest BCUT2D eigenvalue weighted by Gasteiger charge is 2.48. The molecule has 1 saturated carbocycles. The van der Waals surface area contributed by atoms with Crippen LogP contribution in [0.25, 0.3) is 0 Å². The zero-order chi connectivity index (χ0) is 15.0. The Bertz CT molecular complexity index is 571. The minimum atomic E-state index is 0. The van der Waals surface area contributed by atoms with E-state index in [1.165, 1.54) is 30.4 Å². The van der Waals surface area contributed by atoms with Gasteiger partial charge in [-0.05, 0) is 48.9 Å². The van der Waals surface area contributed by atoms with Crippen LogP contribution >= 0.6 is 24.0 Å². The van der Waals surface area contributed by atoms with Crippen LogP contribution in [-0.4, -0.2) is 25.2 Å². The Labute approximate surface area is 149 Å². The smallest absolute Gasteiger partial charge is 0.193 e. The SMILES string of the molecule is COC1CC(N=C(N)Nc2ccc3c(c2)CCC3)C1(C)C.I. The zero-order valence-electron chi connectivity index (χ0n) is 13.6. The van der Waals surface area contributed by atoms with E-state index < -0.39 is 0 Å². The van der Waals surface area contributed by atoms with Crippen LogP contribution in [0.15, 0.2) is 23.2 Å². The number of benzene rings is 1. The molecule has 3 rings (SSSR count). The predicted octanol–water partition coefficient (Wildman–Crippen LogP) is 3.33. The average Bonchev–Trinajstić information content (AvgIpc) is 2.90. The summed E-state index contributed by atoms with van der Waals surface area (Å²) in [4.78, 5) is 4.63. The molecule has 0 radical (unpaired) electrons. The maximum absolute atomic E-state index is 6.07. The summed E-state index contributed by atoms with van der Waals surface area (Å²) in [5.74, 6) is 0.501. The highest BCUT2D eigenvalue weighted by molar-refractivity contribution is 14.0. The lowest BCUT2D eigenvalue weighted by molar-refractivity contribution is -0.0850. The van der Waals surface area contributed by atoms with Crippen molar-refractivity contribution in [1.82, 2.24) is 0 Å². The Morgan fingerprint density at radius 2 is 2.05 bits per heavy atom. The molecule has 2 aliphatic carbocycles. The molecule has 4 nitrogen and oxygen atoms in total. The number of aliphatic imine (C=N–C) groups is 1. The Kier molecular flexibility index (Phi) is 5.37. The highest BCUT2D eigenvalue weighted by Crippen LogP contribution is 2.44. The Balaban J connectivity index is 0.00000176. The molecule has 0 bridgehead atoms. The van der Waals surface area contributed by atoms with E-state index in [-0.39, 0.29) is 41.5 Å². The molecule has 0 heterocycles. The molecule has 0 saturated heterocycles. The number of hydrogen-bond donors (Lipinski definition) is 2. The van der Waals surface area contributed by atoms with E-state index >= 15 is 0 Å². The first-order chi connectivity index (χ1) is 10.0. The van der Waals surface area contributed by atoms with Crippen LogP contribution in [0, 0.1) is 5.41 Å². The molecule has 0 spiro atoms. The maximum atomic E-state index is 6.07. The molecule has 1 aromatic rings. The van der Waals surface area contributed by atoms with Crippen LogP contribution in [-0.2, 0) is 17.6 Å². The first-order valence-corrected chi connectivity index (χ1v) is 7.75. The first kappa shape index (κ1) is 17.5. The third-order valence-electron chi connectivity index (χ3n) is 5.08. The highest BCUT2D eigenvalue weighted by atomic mass is 127. The lowest BCUT2D eigenvalue weighted by Crippen LogP contribution is -2.54. The first-order valence-electron chi connectivity index (χ1n) is 7.75. The van der Waals surface area contributed by atoms with E-state index in [2.05, 4.69) is 42.4 Å². The molecule has 3 N–H and O–H groups in total. The number of aryl methyl sites for hydroxylation is 2. The van der Waals surface area contributed by atoms with E-state index in [1.807, 2.05) is 0 Å². The second kappa shape index (κ2) is 6.74. The summed E-state index contributed by atoms with van der Waals surface area (Å²) in [6.45, 7) is 4.36. The standard InChI is InChI=1S/C17H25N3O.HI/c1-17(2)14(10-15(17)21-3)20-16(18)19-13-8-7-11-5-4-6-12(11)9-13;/h7-9,14-15H,4-6,10H2,1-3H3,(H3,18,19,20);1H. The molecule has 2 unspecified atom stereocenters. The van der Waals surface area contributed by atoms with Gasteiger partial charge in [0.25, 0.3) is 0 Å². The molecular weight excluding hydrogens is 389 g/mol. The topological polar surface area (TPSA) is 59.6 Å². The van der Waals surface area contributed by atoms with Crippen molar-refractivity contribution in [2.75, 3.05) is 12.4 Å². The van der Waals surface area contributed by atoms with Crippen molar-refractivity contribution in [2.45, 2.75) is 51.7 Å². The van der Waals surface area contributed by atoms with Crippen molar-refractivity contribution in [1.29, 1.82) is 0 Å². The zero-order valence-corrected chi connectivity index (χ0v) is 15.9. The fourth-order valence-corrected chi connectivity index (χ4v) is 3.48. The minimum Gasteiger partial charge on any atom is -0.381 e. The van der Waals surface area contributed by atoms with Crippen LogP contribution in [0.2, 0.25) is 0 Å². The summed E-state index contributed by atoms with van der Waals surface area (Å²) in [5, 5.41) is 3.23. The van der Waals surface area contributed by atoms with Gasteiger partial charge in [-0.25, -0.2) is 4.99 Å². The van der Waals surface area contributed by atoms with Crippen LogP contribution in [0.3, 0.4) is 0 Å². The van der Waals surface area contributed by atoms with Crippen LogP contribution < -0.4 is 11.1 Å². The summed E-state index contributed by atoms with van der Waals surface area (Å²) in [5.41, 5.74) is 10.1. The molecule has 1 fully saturated rings. The van der Waals surface area contributed by atoms with Gasteiger partial charge < -0.3 is 15.8 Å². The van der Waals surface area contributed by atoms with Gasteiger partial charge in [0, 0.05) is 18.2 Å². The summed E-state index contributed by atoms with van der Waals surface area (Å²) in [6, 6.07) is 6.72. The summed E-state index contributed by atoms with van der Waals surface area (Å²) >= 11 is 0. The fourth-order valence-electron chi connectivity index (χ4n) is 3.48. The van der Waals surface area contributed by atoms with Crippen molar-refractivity contribution < 1.29 is 4.74 Å². The van der Waals surface area contributed by atoms with Crippen molar-refractivity contribution in [2.24, 2.45) is 16.1 Å². The normalized spacial score (nSPS) is 25.9. The molecule has 5 heteroatoms. The number of fused-ring (bicyclic) bond motifs is 1. The van der Waals surface area contributed by atoms with Gasteiger partial charge in [0.2, 0.25) is 0 Å². The number of ether oxygens (including phenoxy) is 1. The second-order valence-electron chi connectivity index (χ2n) is 6.77. The number of hydrogen-bond acceptors (Lipinski definition) is 2. The fraction of sp³-hybridized carbons (Fsp3) is 0.588. The molecular formula is C17H26IN3O. The molecule has 0 amide bonds. The molecule has 122 valence electrons. The number of halogens is 1. The van der Waals surface area contributed by atoms with Gasteiger partial charge in [0.1, 0.15) is 0 Å². The van der Waals surface area contributed by atoms with Crippen LogP contribution in [0.5, 0.6) is 0 Å². The van der Waals surface area contributed by atoms with E-state index in [1.54, 1.807) is 7.11 Å². The van der Waals surface area contributed by atoms with Crippen LogP contribution in [0.4, 0.5) is 5.69 Å². The van der Waals surface area contributed by atoms with E-state index in [4.69, 9.17) is 10.5 Å². The summed E-state index contributed by atoms with van der Waals surface area (Å²) in [6.07, 6.45) is 4.85.